The molecule has 0 aromatic heterocycles. The molecule has 6 nitrogen and oxygen atoms in total. The van der Waals surface area contributed by atoms with E-state index in [0.29, 0.717) is 30.2 Å². The minimum atomic E-state index is -0.136. The van der Waals surface area contributed by atoms with Gasteiger partial charge < -0.3 is 15.0 Å². The normalized spacial score (nSPS) is 25.6. The molecule has 3 unspecified atom stereocenters. The average molecular weight is 422 g/mol. The Kier molecular flexibility index (Phi) is 7.92. The first-order chi connectivity index (χ1) is 13.9. The van der Waals surface area contributed by atoms with Gasteiger partial charge in [0.25, 0.3) is 5.91 Å². The Hall–Kier alpha value is -1.63. The van der Waals surface area contributed by atoms with Crippen LogP contribution in [0.3, 0.4) is 0 Å². The summed E-state index contributed by atoms with van der Waals surface area (Å²) in [5.41, 5.74) is 0.615. The van der Waals surface area contributed by atoms with Crippen LogP contribution >= 0.6 is 11.6 Å². The zero-order valence-electron chi connectivity index (χ0n) is 17.4. The predicted molar refractivity (Wildman–Crippen MR) is 114 cm³/mol. The van der Waals surface area contributed by atoms with E-state index in [1.54, 1.807) is 29.2 Å². The van der Waals surface area contributed by atoms with Gasteiger partial charge in [-0.3, -0.25) is 14.5 Å². The van der Waals surface area contributed by atoms with Crippen molar-refractivity contribution < 1.29 is 14.3 Å². The van der Waals surface area contributed by atoms with Crippen LogP contribution < -0.4 is 5.32 Å². The van der Waals surface area contributed by atoms with E-state index in [9.17, 15) is 9.59 Å². The summed E-state index contributed by atoms with van der Waals surface area (Å²) in [4.78, 5) is 29.5. The minimum absolute atomic E-state index is 0.0327. The predicted octanol–water partition coefficient (Wildman–Crippen LogP) is 2.81. The summed E-state index contributed by atoms with van der Waals surface area (Å²) in [6.45, 7) is 8.90. The average Bonchev–Trinajstić information content (AvgIpc) is 2.70. The Balaban J connectivity index is 1.41. The van der Waals surface area contributed by atoms with Crippen molar-refractivity contribution in [1.82, 2.24) is 15.1 Å². The van der Waals surface area contributed by atoms with Crippen molar-refractivity contribution in [3.05, 3.63) is 34.9 Å². The number of hydrogen-bond donors (Lipinski definition) is 1. The van der Waals surface area contributed by atoms with Crippen LogP contribution in [0.15, 0.2) is 24.3 Å². The molecule has 2 aliphatic rings. The van der Waals surface area contributed by atoms with Crippen LogP contribution in [0.5, 0.6) is 0 Å². The van der Waals surface area contributed by atoms with Crippen LogP contribution in [0.2, 0.25) is 5.02 Å². The molecule has 3 atom stereocenters. The fourth-order valence-electron chi connectivity index (χ4n) is 4.28. The number of carbonyl (C=O) groups excluding carboxylic acids is 2. The molecule has 2 heterocycles. The highest BCUT2D eigenvalue weighted by molar-refractivity contribution is 6.30. The van der Waals surface area contributed by atoms with Gasteiger partial charge in [-0.2, -0.15) is 0 Å². The SMILES string of the molecule is CC1CN(CCCNC(=O)C2CCCN(C(=O)c3ccc(Cl)cc3)C2)CC(C)O1. The first-order valence-electron chi connectivity index (χ1n) is 10.6. The molecule has 29 heavy (non-hydrogen) atoms. The number of rotatable bonds is 6. The highest BCUT2D eigenvalue weighted by Gasteiger charge is 2.29. The Morgan fingerprint density at radius 3 is 2.52 bits per heavy atom. The van der Waals surface area contributed by atoms with E-state index in [2.05, 4.69) is 24.1 Å². The van der Waals surface area contributed by atoms with Gasteiger partial charge in [-0.15, -0.1) is 0 Å². The minimum Gasteiger partial charge on any atom is -0.373 e. The molecule has 0 radical (unpaired) electrons. The number of piperidine rings is 1. The molecule has 3 rings (SSSR count). The third kappa shape index (κ3) is 6.43. The molecule has 0 aliphatic carbocycles. The summed E-state index contributed by atoms with van der Waals surface area (Å²) in [5.74, 6) is -0.111. The van der Waals surface area contributed by atoms with E-state index in [4.69, 9.17) is 16.3 Å². The van der Waals surface area contributed by atoms with E-state index in [-0.39, 0.29) is 29.9 Å². The number of carbonyl (C=O) groups is 2. The molecule has 160 valence electrons. The van der Waals surface area contributed by atoms with E-state index in [0.717, 1.165) is 38.9 Å². The van der Waals surface area contributed by atoms with E-state index in [1.807, 2.05) is 0 Å². The maximum Gasteiger partial charge on any atom is 0.253 e. The van der Waals surface area contributed by atoms with Gasteiger partial charge in [-0.25, -0.2) is 0 Å². The van der Waals surface area contributed by atoms with Gasteiger partial charge in [0, 0.05) is 49.9 Å². The number of morpholine rings is 1. The molecule has 7 heteroatoms. The summed E-state index contributed by atoms with van der Waals surface area (Å²) in [6.07, 6.45) is 3.13. The molecule has 2 amide bonds. The molecule has 2 saturated heterocycles. The number of nitrogens with one attached hydrogen (secondary N) is 1. The van der Waals surface area contributed by atoms with Crippen LogP contribution in [0.25, 0.3) is 0 Å². The van der Waals surface area contributed by atoms with Crippen molar-refractivity contribution >= 4 is 23.4 Å². The number of ether oxygens (including phenoxy) is 1. The molecule has 1 aromatic carbocycles. The standard InChI is InChI=1S/C22H32ClN3O3/c1-16-13-25(14-17(2)29-16)11-4-10-24-21(27)19-5-3-12-26(15-19)22(28)18-6-8-20(23)9-7-18/h6-9,16-17,19H,3-5,10-15H2,1-2H3,(H,24,27). The van der Waals surface area contributed by atoms with Crippen LogP contribution in [0, 0.1) is 5.92 Å². The number of hydrogen-bond acceptors (Lipinski definition) is 4. The Bertz CT molecular complexity index is 687. The van der Waals surface area contributed by atoms with E-state index >= 15 is 0 Å². The smallest absolute Gasteiger partial charge is 0.253 e. The lowest BCUT2D eigenvalue weighted by molar-refractivity contribution is -0.126. The zero-order valence-corrected chi connectivity index (χ0v) is 18.2. The second-order valence-electron chi connectivity index (χ2n) is 8.26. The van der Waals surface area contributed by atoms with Crippen LogP contribution in [0.4, 0.5) is 0 Å². The number of nitrogens with zero attached hydrogens (tertiary/aromatic N) is 2. The molecule has 0 spiro atoms. The lowest BCUT2D eigenvalue weighted by Crippen LogP contribution is -2.47. The fraction of sp³-hybridized carbons (Fsp3) is 0.636. The van der Waals surface area contributed by atoms with Gasteiger partial charge in [0.1, 0.15) is 0 Å². The van der Waals surface area contributed by atoms with Crippen molar-refractivity contribution in [2.24, 2.45) is 5.92 Å². The number of halogens is 1. The van der Waals surface area contributed by atoms with Crippen molar-refractivity contribution in [2.75, 3.05) is 39.3 Å². The Labute approximate surface area is 178 Å². The summed E-state index contributed by atoms with van der Waals surface area (Å²) in [6, 6.07) is 6.92. The lowest BCUT2D eigenvalue weighted by atomic mass is 9.96. The van der Waals surface area contributed by atoms with Crippen molar-refractivity contribution in [1.29, 1.82) is 0 Å². The third-order valence-corrected chi connectivity index (χ3v) is 5.87. The van der Waals surface area contributed by atoms with Gasteiger partial charge in [0.05, 0.1) is 18.1 Å². The van der Waals surface area contributed by atoms with Crippen molar-refractivity contribution in [2.45, 2.75) is 45.3 Å². The van der Waals surface area contributed by atoms with Crippen molar-refractivity contribution in [3.8, 4) is 0 Å². The largest absolute Gasteiger partial charge is 0.373 e. The van der Waals surface area contributed by atoms with Crippen molar-refractivity contribution in [3.63, 3.8) is 0 Å². The number of benzene rings is 1. The zero-order chi connectivity index (χ0) is 20.8. The fourth-order valence-corrected chi connectivity index (χ4v) is 4.40. The highest BCUT2D eigenvalue weighted by Crippen LogP contribution is 2.20. The summed E-state index contributed by atoms with van der Waals surface area (Å²) in [5, 5.41) is 3.68. The van der Waals surface area contributed by atoms with Gasteiger partial charge in [-0.05, 0) is 57.4 Å². The maximum atomic E-state index is 12.7. The second-order valence-corrected chi connectivity index (χ2v) is 8.70. The molecule has 0 saturated carbocycles. The monoisotopic (exact) mass is 421 g/mol. The first kappa shape index (κ1) is 22.1. The number of amides is 2. The summed E-state index contributed by atoms with van der Waals surface area (Å²) in [7, 11) is 0. The van der Waals surface area contributed by atoms with Crippen LogP contribution in [0.1, 0.15) is 43.5 Å². The summed E-state index contributed by atoms with van der Waals surface area (Å²) < 4.78 is 5.76. The lowest BCUT2D eigenvalue weighted by Gasteiger charge is -2.35. The molecular formula is C22H32ClN3O3. The highest BCUT2D eigenvalue weighted by atomic mass is 35.5. The topological polar surface area (TPSA) is 61.9 Å². The van der Waals surface area contributed by atoms with Gasteiger partial charge in [0.15, 0.2) is 0 Å². The molecule has 1 N–H and O–H groups in total. The van der Waals surface area contributed by atoms with E-state index in [1.165, 1.54) is 0 Å². The molecule has 2 fully saturated rings. The quantitative estimate of drug-likeness (QED) is 0.717. The molecule has 1 aromatic rings. The Morgan fingerprint density at radius 1 is 1.14 bits per heavy atom. The first-order valence-corrected chi connectivity index (χ1v) is 11.0. The Morgan fingerprint density at radius 2 is 1.83 bits per heavy atom. The molecule has 2 aliphatic heterocycles. The van der Waals surface area contributed by atoms with Gasteiger partial charge >= 0.3 is 0 Å². The third-order valence-electron chi connectivity index (χ3n) is 5.62. The molecule has 0 bridgehead atoms. The van der Waals surface area contributed by atoms with E-state index < -0.39 is 0 Å². The maximum absolute atomic E-state index is 12.7. The second kappa shape index (κ2) is 10.4. The number of likely N-dealkylation sites (tertiary alicyclic amines) is 1. The van der Waals surface area contributed by atoms with Gasteiger partial charge in [-0.1, -0.05) is 11.6 Å². The van der Waals surface area contributed by atoms with Crippen LogP contribution in [-0.4, -0.2) is 73.1 Å². The molecular weight excluding hydrogens is 390 g/mol. The van der Waals surface area contributed by atoms with Crippen LogP contribution in [-0.2, 0) is 9.53 Å². The summed E-state index contributed by atoms with van der Waals surface area (Å²) >= 11 is 5.90. The van der Waals surface area contributed by atoms with Gasteiger partial charge in [0.2, 0.25) is 5.91 Å².